The second kappa shape index (κ2) is 6.26. The number of aryl methyl sites for hydroxylation is 1. The van der Waals surface area contributed by atoms with Crippen LogP contribution in [0.1, 0.15) is 54.3 Å². The van der Waals surface area contributed by atoms with E-state index in [-0.39, 0.29) is 23.1 Å². The molecule has 24 heavy (non-hydrogen) atoms. The van der Waals surface area contributed by atoms with Gasteiger partial charge in [-0.05, 0) is 37.3 Å². The Bertz CT molecular complexity index is 788. The van der Waals surface area contributed by atoms with Crippen LogP contribution in [0.5, 0.6) is 0 Å². The number of aromatic amines is 1. The summed E-state index contributed by atoms with van der Waals surface area (Å²) in [6.45, 7) is 1.53. The molecule has 3 heterocycles. The van der Waals surface area contributed by atoms with Gasteiger partial charge in [-0.25, -0.2) is 4.98 Å². The molecule has 1 amide bonds. The molecule has 1 atom stereocenters. The molecule has 126 valence electrons. The highest BCUT2D eigenvalue weighted by atomic mass is 16.2. The number of H-pyrrole nitrogens is 1. The fourth-order valence-corrected chi connectivity index (χ4v) is 4.18. The first-order valence-corrected chi connectivity index (χ1v) is 8.75. The molecular weight excluding hydrogens is 304 g/mol. The Morgan fingerprint density at radius 1 is 1.21 bits per heavy atom. The van der Waals surface area contributed by atoms with E-state index in [4.69, 9.17) is 0 Å². The van der Waals surface area contributed by atoms with E-state index in [9.17, 15) is 9.59 Å². The smallest absolute Gasteiger partial charge is 0.260 e. The normalized spacial score (nSPS) is 21.5. The van der Waals surface area contributed by atoms with Crippen molar-refractivity contribution in [3.05, 3.63) is 52.5 Å². The van der Waals surface area contributed by atoms with E-state index in [1.165, 1.54) is 12.8 Å². The number of carbonyl (C=O) groups excluding carboxylic acids is 1. The predicted molar refractivity (Wildman–Crippen MR) is 89.6 cm³/mol. The fraction of sp³-hybridized carbons (Fsp3) is 0.500. The highest BCUT2D eigenvalue weighted by Crippen LogP contribution is 2.40. The second-order valence-corrected chi connectivity index (χ2v) is 6.73. The number of nitrogens with zero attached hydrogens (tertiary/aromatic N) is 3. The number of rotatable bonds is 2. The van der Waals surface area contributed by atoms with Gasteiger partial charge in [-0.3, -0.25) is 9.59 Å². The zero-order valence-corrected chi connectivity index (χ0v) is 13.6. The van der Waals surface area contributed by atoms with E-state index in [1.807, 2.05) is 17.3 Å². The summed E-state index contributed by atoms with van der Waals surface area (Å²) in [6, 6.07) is 3.29. The maximum absolute atomic E-state index is 13.1. The van der Waals surface area contributed by atoms with Gasteiger partial charge in [0.25, 0.3) is 11.5 Å². The van der Waals surface area contributed by atoms with Crippen molar-refractivity contribution in [1.82, 2.24) is 19.4 Å². The Morgan fingerprint density at radius 3 is 2.83 bits per heavy atom. The zero-order chi connectivity index (χ0) is 16.5. The molecule has 6 nitrogen and oxygen atoms in total. The Kier molecular flexibility index (Phi) is 3.96. The van der Waals surface area contributed by atoms with Crippen LogP contribution < -0.4 is 5.56 Å². The van der Waals surface area contributed by atoms with Crippen molar-refractivity contribution in [1.29, 1.82) is 0 Å². The molecule has 2 aromatic heterocycles. The molecule has 1 saturated carbocycles. The van der Waals surface area contributed by atoms with Gasteiger partial charge in [-0.2, -0.15) is 0 Å². The molecule has 2 aliphatic rings. The van der Waals surface area contributed by atoms with Crippen LogP contribution in [0.15, 0.2) is 35.5 Å². The van der Waals surface area contributed by atoms with Crippen LogP contribution in [-0.4, -0.2) is 31.9 Å². The average Bonchev–Trinajstić information content (AvgIpc) is 3.24. The zero-order valence-electron chi connectivity index (χ0n) is 13.6. The number of pyridine rings is 1. The molecule has 2 aromatic rings. The van der Waals surface area contributed by atoms with Crippen LogP contribution in [-0.2, 0) is 6.54 Å². The predicted octanol–water partition coefficient (Wildman–Crippen LogP) is 2.35. The standard InChI is InChI=1S/C18H22N4O2/c23-17-14(7-3-8-20-17)18(24)22-11-4-10-21-12-9-19-16(21)15(22)13-5-1-2-6-13/h3,7-9,12-13,15H,1-2,4-6,10-11H2,(H,20,23). The summed E-state index contributed by atoms with van der Waals surface area (Å²) in [5.74, 6) is 1.22. The van der Waals surface area contributed by atoms with Crippen molar-refractivity contribution in [3.8, 4) is 0 Å². The van der Waals surface area contributed by atoms with Gasteiger partial charge in [0.1, 0.15) is 11.4 Å². The minimum Gasteiger partial charge on any atom is -0.333 e. The molecule has 1 N–H and O–H groups in total. The number of amides is 1. The lowest BCUT2D eigenvalue weighted by atomic mass is 9.95. The minimum absolute atomic E-state index is 0.0305. The molecule has 1 unspecified atom stereocenters. The largest absolute Gasteiger partial charge is 0.333 e. The molecular formula is C18H22N4O2. The van der Waals surface area contributed by atoms with Crippen molar-refractivity contribution >= 4 is 5.91 Å². The van der Waals surface area contributed by atoms with E-state index in [0.717, 1.165) is 31.6 Å². The summed E-state index contributed by atoms with van der Waals surface area (Å²) in [5, 5.41) is 0. The Hall–Kier alpha value is -2.37. The van der Waals surface area contributed by atoms with Gasteiger partial charge in [-0.1, -0.05) is 12.8 Å². The number of carbonyl (C=O) groups is 1. The molecule has 4 rings (SSSR count). The molecule has 1 fully saturated rings. The quantitative estimate of drug-likeness (QED) is 0.921. The van der Waals surface area contributed by atoms with Gasteiger partial charge in [0.15, 0.2) is 0 Å². The third-order valence-corrected chi connectivity index (χ3v) is 5.30. The average molecular weight is 326 g/mol. The first kappa shape index (κ1) is 15.2. The molecule has 6 heteroatoms. The van der Waals surface area contributed by atoms with Crippen LogP contribution in [0, 0.1) is 5.92 Å². The molecule has 1 aliphatic heterocycles. The summed E-state index contributed by atoms with van der Waals surface area (Å²) in [6.07, 6.45) is 10.9. The topological polar surface area (TPSA) is 71.0 Å². The molecule has 0 bridgehead atoms. The van der Waals surface area contributed by atoms with Gasteiger partial charge >= 0.3 is 0 Å². The molecule has 0 saturated heterocycles. The number of fused-ring (bicyclic) bond motifs is 1. The fourth-order valence-electron chi connectivity index (χ4n) is 4.18. The SMILES string of the molecule is O=C(c1ccc[nH]c1=O)N1CCCn2ccnc2C1C1CCCC1. The lowest BCUT2D eigenvalue weighted by Gasteiger charge is -2.33. The highest BCUT2D eigenvalue weighted by Gasteiger charge is 2.38. The first-order chi connectivity index (χ1) is 11.8. The second-order valence-electron chi connectivity index (χ2n) is 6.73. The lowest BCUT2D eigenvalue weighted by molar-refractivity contribution is 0.0601. The minimum atomic E-state index is -0.319. The van der Waals surface area contributed by atoms with Crippen LogP contribution in [0.2, 0.25) is 0 Å². The summed E-state index contributed by atoms with van der Waals surface area (Å²) < 4.78 is 2.17. The van der Waals surface area contributed by atoms with Crippen LogP contribution in [0.3, 0.4) is 0 Å². The van der Waals surface area contributed by atoms with Crippen LogP contribution in [0.25, 0.3) is 0 Å². The number of hydrogen-bond donors (Lipinski definition) is 1. The van der Waals surface area contributed by atoms with Gasteiger partial charge in [0.2, 0.25) is 0 Å². The summed E-state index contributed by atoms with van der Waals surface area (Å²) in [4.78, 5) is 34.3. The number of nitrogens with one attached hydrogen (secondary N) is 1. The molecule has 0 radical (unpaired) electrons. The van der Waals surface area contributed by atoms with E-state index in [0.29, 0.717) is 12.5 Å². The Labute approximate surface area is 140 Å². The third-order valence-electron chi connectivity index (χ3n) is 5.30. The first-order valence-electron chi connectivity index (χ1n) is 8.75. The summed E-state index contributed by atoms with van der Waals surface area (Å²) in [5.41, 5.74) is -0.0965. The Balaban J connectivity index is 1.76. The van der Waals surface area contributed by atoms with E-state index >= 15 is 0 Å². The van der Waals surface area contributed by atoms with Gasteiger partial charge in [0, 0.05) is 31.7 Å². The van der Waals surface area contributed by atoms with Gasteiger partial charge in [-0.15, -0.1) is 0 Å². The Morgan fingerprint density at radius 2 is 2.04 bits per heavy atom. The number of hydrogen-bond acceptors (Lipinski definition) is 3. The van der Waals surface area contributed by atoms with Crippen molar-refractivity contribution < 1.29 is 4.79 Å². The maximum Gasteiger partial charge on any atom is 0.260 e. The lowest BCUT2D eigenvalue weighted by Crippen LogP contribution is -2.40. The van der Waals surface area contributed by atoms with Crippen molar-refractivity contribution in [3.63, 3.8) is 0 Å². The molecule has 1 aliphatic carbocycles. The highest BCUT2D eigenvalue weighted by molar-refractivity contribution is 5.94. The maximum atomic E-state index is 13.1. The van der Waals surface area contributed by atoms with Crippen molar-refractivity contribution in [2.75, 3.05) is 6.54 Å². The third kappa shape index (κ3) is 2.56. The van der Waals surface area contributed by atoms with E-state index in [1.54, 1.807) is 18.3 Å². The van der Waals surface area contributed by atoms with Gasteiger partial charge in [0.05, 0.1) is 6.04 Å². The van der Waals surface area contributed by atoms with Crippen molar-refractivity contribution in [2.45, 2.75) is 44.7 Å². The monoisotopic (exact) mass is 326 g/mol. The molecule has 0 spiro atoms. The van der Waals surface area contributed by atoms with E-state index in [2.05, 4.69) is 14.5 Å². The molecule has 0 aromatic carbocycles. The van der Waals surface area contributed by atoms with E-state index < -0.39 is 0 Å². The summed E-state index contributed by atoms with van der Waals surface area (Å²) >= 11 is 0. The van der Waals surface area contributed by atoms with Crippen LogP contribution in [0.4, 0.5) is 0 Å². The van der Waals surface area contributed by atoms with Crippen LogP contribution >= 0.6 is 0 Å². The van der Waals surface area contributed by atoms with Crippen molar-refractivity contribution in [2.24, 2.45) is 5.92 Å². The summed E-state index contributed by atoms with van der Waals surface area (Å²) in [7, 11) is 0. The number of imidazole rings is 1. The number of aromatic nitrogens is 3. The van der Waals surface area contributed by atoms with Gasteiger partial charge < -0.3 is 14.5 Å².